The van der Waals surface area contributed by atoms with Crippen molar-refractivity contribution < 1.29 is 10.2 Å². The second kappa shape index (κ2) is 4.07. The van der Waals surface area contributed by atoms with E-state index in [4.69, 9.17) is 0 Å². The van der Waals surface area contributed by atoms with Crippen LogP contribution in [-0.4, -0.2) is 22.4 Å². The third-order valence-corrected chi connectivity index (χ3v) is 2.69. The normalized spacial score (nSPS) is 35.2. The molecular formula is C9H18O2. The molecule has 0 aliphatic heterocycles. The zero-order valence-electron chi connectivity index (χ0n) is 7.16. The van der Waals surface area contributed by atoms with E-state index in [2.05, 4.69) is 0 Å². The predicted octanol–water partition coefficient (Wildman–Crippen LogP) is 1.31. The van der Waals surface area contributed by atoms with Crippen LogP contribution in [0.4, 0.5) is 0 Å². The van der Waals surface area contributed by atoms with E-state index in [0.29, 0.717) is 0 Å². The Bertz CT molecular complexity index is 110. The van der Waals surface area contributed by atoms with Gasteiger partial charge >= 0.3 is 0 Å². The molecule has 0 amide bonds. The van der Waals surface area contributed by atoms with Gasteiger partial charge in [-0.25, -0.2) is 0 Å². The van der Waals surface area contributed by atoms with Crippen LogP contribution in [0.15, 0.2) is 0 Å². The largest absolute Gasteiger partial charge is 0.393 e. The van der Waals surface area contributed by atoms with Crippen LogP contribution < -0.4 is 0 Å². The smallest absolute Gasteiger partial charge is 0.0593 e. The molecule has 0 unspecified atom stereocenters. The van der Waals surface area contributed by atoms with E-state index in [9.17, 15) is 10.2 Å². The molecule has 1 saturated carbocycles. The Morgan fingerprint density at radius 2 is 2.00 bits per heavy atom. The molecule has 0 saturated heterocycles. The first-order chi connectivity index (χ1) is 5.25. The molecule has 2 nitrogen and oxygen atoms in total. The number of hydrogen-bond acceptors (Lipinski definition) is 2. The Kier molecular flexibility index (Phi) is 3.34. The Balaban J connectivity index is 2.40. The lowest BCUT2D eigenvalue weighted by molar-refractivity contribution is -0.0134. The first-order valence-corrected chi connectivity index (χ1v) is 4.61. The number of aliphatic hydroxyl groups excluding tert-OH is 2. The topological polar surface area (TPSA) is 40.5 Å². The molecule has 1 fully saturated rings. The first-order valence-electron chi connectivity index (χ1n) is 4.61. The van der Waals surface area contributed by atoms with Crippen LogP contribution in [0, 0.1) is 5.92 Å². The van der Waals surface area contributed by atoms with Gasteiger partial charge in [0.25, 0.3) is 0 Å². The van der Waals surface area contributed by atoms with Gasteiger partial charge in [-0.1, -0.05) is 19.8 Å². The van der Waals surface area contributed by atoms with E-state index in [1.807, 2.05) is 6.92 Å². The monoisotopic (exact) mass is 158 g/mol. The van der Waals surface area contributed by atoms with E-state index in [-0.39, 0.29) is 18.1 Å². The summed E-state index contributed by atoms with van der Waals surface area (Å²) in [5.74, 6) is 0.147. The van der Waals surface area contributed by atoms with Crippen molar-refractivity contribution in [2.24, 2.45) is 5.92 Å². The molecule has 0 aromatic heterocycles. The van der Waals surface area contributed by atoms with Crippen LogP contribution in [0.1, 0.15) is 39.0 Å². The lowest BCUT2D eigenvalue weighted by Crippen LogP contribution is -2.33. The molecule has 0 bridgehead atoms. The van der Waals surface area contributed by atoms with Crippen molar-refractivity contribution in [1.29, 1.82) is 0 Å². The molecule has 1 aliphatic rings. The SMILES string of the molecule is CC[C@@H](O)[C@H]1CCCC[C@@H]1O. The molecule has 66 valence electrons. The average Bonchev–Trinajstić information content (AvgIpc) is 2.04. The van der Waals surface area contributed by atoms with Crippen molar-refractivity contribution in [3.63, 3.8) is 0 Å². The summed E-state index contributed by atoms with van der Waals surface area (Å²) >= 11 is 0. The van der Waals surface area contributed by atoms with Crippen molar-refractivity contribution in [3.8, 4) is 0 Å². The maximum atomic E-state index is 9.51. The summed E-state index contributed by atoms with van der Waals surface area (Å²) in [5.41, 5.74) is 0. The van der Waals surface area contributed by atoms with Crippen LogP contribution in [0.5, 0.6) is 0 Å². The molecule has 0 aromatic rings. The number of rotatable bonds is 2. The van der Waals surface area contributed by atoms with Gasteiger partial charge in [0, 0.05) is 5.92 Å². The Morgan fingerprint density at radius 1 is 1.36 bits per heavy atom. The van der Waals surface area contributed by atoms with Crippen molar-refractivity contribution in [2.75, 3.05) is 0 Å². The number of hydrogen-bond donors (Lipinski definition) is 2. The molecular weight excluding hydrogens is 140 g/mol. The molecule has 0 aromatic carbocycles. The van der Waals surface area contributed by atoms with Gasteiger partial charge < -0.3 is 10.2 Å². The van der Waals surface area contributed by atoms with Crippen molar-refractivity contribution in [3.05, 3.63) is 0 Å². The summed E-state index contributed by atoms with van der Waals surface area (Å²) < 4.78 is 0. The van der Waals surface area contributed by atoms with E-state index >= 15 is 0 Å². The second-order valence-electron chi connectivity index (χ2n) is 3.49. The van der Waals surface area contributed by atoms with Gasteiger partial charge in [0.1, 0.15) is 0 Å². The number of aliphatic hydroxyl groups is 2. The average molecular weight is 158 g/mol. The van der Waals surface area contributed by atoms with Crippen molar-refractivity contribution >= 4 is 0 Å². The summed E-state index contributed by atoms with van der Waals surface area (Å²) in [7, 11) is 0. The Hall–Kier alpha value is -0.0800. The fourth-order valence-electron chi connectivity index (χ4n) is 1.89. The minimum absolute atomic E-state index is 0.147. The molecule has 0 spiro atoms. The molecule has 3 atom stereocenters. The van der Waals surface area contributed by atoms with Crippen LogP contribution in [0.25, 0.3) is 0 Å². The molecule has 0 radical (unpaired) electrons. The van der Waals surface area contributed by atoms with Crippen molar-refractivity contribution in [2.45, 2.75) is 51.2 Å². The Labute approximate surface area is 68.2 Å². The minimum Gasteiger partial charge on any atom is -0.393 e. The van der Waals surface area contributed by atoms with Crippen LogP contribution in [-0.2, 0) is 0 Å². The van der Waals surface area contributed by atoms with Gasteiger partial charge in [0.15, 0.2) is 0 Å². The molecule has 11 heavy (non-hydrogen) atoms. The van der Waals surface area contributed by atoms with Gasteiger partial charge in [-0.05, 0) is 19.3 Å². The predicted molar refractivity (Wildman–Crippen MR) is 44.3 cm³/mol. The summed E-state index contributed by atoms with van der Waals surface area (Å²) in [6.45, 7) is 1.96. The lowest BCUT2D eigenvalue weighted by Gasteiger charge is -2.30. The van der Waals surface area contributed by atoms with E-state index < -0.39 is 0 Å². The third kappa shape index (κ3) is 2.17. The Morgan fingerprint density at radius 3 is 2.55 bits per heavy atom. The maximum Gasteiger partial charge on any atom is 0.0593 e. The van der Waals surface area contributed by atoms with Crippen molar-refractivity contribution in [1.82, 2.24) is 0 Å². The standard InChI is InChI=1S/C9H18O2/c1-2-8(10)7-5-3-4-6-9(7)11/h7-11H,2-6H2,1H3/t7-,8-,9+/m1/s1. The zero-order chi connectivity index (χ0) is 8.27. The molecule has 0 heterocycles. The lowest BCUT2D eigenvalue weighted by atomic mass is 9.82. The second-order valence-corrected chi connectivity index (χ2v) is 3.49. The zero-order valence-corrected chi connectivity index (χ0v) is 7.16. The van der Waals surface area contributed by atoms with E-state index in [0.717, 1.165) is 25.7 Å². The van der Waals surface area contributed by atoms with Gasteiger partial charge in [-0.2, -0.15) is 0 Å². The fraction of sp³-hybridized carbons (Fsp3) is 1.00. The minimum atomic E-state index is -0.287. The first kappa shape index (κ1) is 9.01. The highest BCUT2D eigenvalue weighted by Crippen LogP contribution is 2.27. The highest BCUT2D eigenvalue weighted by atomic mass is 16.3. The molecule has 2 N–H and O–H groups in total. The summed E-state index contributed by atoms with van der Waals surface area (Å²) in [5, 5.41) is 19.0. The molecule has 2 heteroatoms. The quantitative estimate of drug-likeness (QED) is 0.636. The van der Waals surface area contributed by atoms with Crippen LogP contribution in [0.3, 0.4) is 0 Å². The highest BCUT2D eigenvalue weighted by Gasteiger charge is 2.27. The van der Waals surface area contributed by atoms with E-state index in [1.165, 1.54) is 6.42 Å². The van der Waals surface area contributed by atoms with Gasteiger partial charge in [-0.3, -0.25) is 0 Å². The van der Waals surface area contributed by atoms with E-state index in [1.54, 1.807) is 0 Å². The fourth-order valence-corrected chi connectivity index (χ4v) is 1.89. The summed E-state index contributed by atoms with van der Waals surface area (Å²) in [6, 6.07) is 0. The summed E-state index contributed by atoms with van der Waals surface area (Å²) in [4.78, 5) is 0. The molecule has 1 rings (SSSR count). The van der Waals surface area contributed by atoms with Crippen LogP contribution in [0.2, 0.25) is 0 Å². The third-order valence-electron chi connectivity index (χ3n) is 2.69. The maximum absolute atomic E-state index is 9.51. The van der Waals surface area contributed by atoms with Crippen LogP contribution >= 0.6 is 0 Å². The summed E-state index contributed by atoms with van der Waals surface area (Å²) in [6.07, 6.45) is 4.39. The highest BCUT2D eigenvalue weighted by molar-refractivity contribution is 4.79. The van der Waals surface area contributed by atoms with Gasteiger partial charge in [-0.15, -0.1) is 0 Å². The van der Waals surface area contributed by atoms with Gasteiger partial charge in [0.05, 0.1) is 12.2 Å². The van der Waals surface area contributed by atoms with Gasteiger partial charge in [0.2, 0.25) is 0 Å². The molecule has 1 aliphatic carbocycles.